The molecule has 1 amide bonds. The Balaban J connectivity index is 2.53. The largest absolute Gasteiger partial charge is 0.506 e. The van der Waals surface area contributed by atoms with Crippen LogP contribution in [0.5, 0.6) is 5.75 Å². The van der Waals surface area contributed by atoms with Gasteiger partial charge in [-0.05, 0) is 50.9 Å². The van der Waals surface area contributed by atoms with Crippen LogP contribution >= 0.6 is 31.9 Å². The number of hydrogen-bond acceptors (Lipinski definition) is 6. The predicted octanol–water partition coefficient (Wildman–Crippen LogP) is 2.01. The molecular formula is C14H15Br2N3O4S. The van der Waals surface area contributed by atoms with Crippen molar-refractivity contribution in [2.45, 2.75) is 6.92 Å². The highest BCUT2D eigenvalue weighted by molar-refractivity contribution is 9.11. The van der Waals surface area contributed by atoms with E-state index >= 15 is 0 Å². The monoisotopic (exact) mass is 479 g/mol. The van der Waals surface area contributed by atoms with Crippen molar-refractivity contribution in [1.29, 1.82) is 0 Å². The minimum atomic E-state index is -3.58. The standard InChI is InChI=1S/C14H15Br2N3O4S/c1-7(17)12-13(18-2)19(3-4-24(12,22)23)14(21)8-5-9(15)11(20)10(16)6-8/h5-6,20H,3-4,17H2,1-2H3. The molecule has 1 aliphatic heterocycles. The van der Waals surface area contributed by atoms with Gasteiger partial charge in [0, 0.05) is 24.9 Å². The van der Waals surface area contributed by atoms with Gasteiger partial charge in [-0.25, -0.2) is 8.42 Å². The highest BCUT2D eigenvalue weighted by Crippen LogP contribution is 2.34. The van der Waals surface area contributed by atoms with E-state index in [1.165, 1.54) is 31.0 Å². The molecule has 1 aromatic carbocycles. The van der Waals surface area contributed by atoms with Gasteiger partial charge in [0.15, 0.2) is 15.7 Å². The molecule has 2 rings (SSSR count). The van der Waals surface area contributed by atoms with Crippen LogP contribution in [0, 0.1) is 0 Å². The Bertz CT molecular complexity index is 851. The molecule has 130 valence electrons. The van der Waals surface area contributed by atoms with Crippen molar-refractivity contribution in [1.82, 2.24) is 4.90 Å². The zero-order chi connectivity index (χ0) is 18.2. The molecule has 0 radical (unpaired) electrons. The second-order valence-corrected chi connectivity index (χ2v) is 8.88. The third kappa shape index (κ3) is 3.35. The summed E-state index contributed by atoms with van der Waals surface area (Å²) >= 11 is 6.34. The van der Waals surface area contributed by atoms with E-state index in [0.29, 0.717) is 8.95 Å². The zero-order valence-electron chi connectivity index (χ0n) is 12.9. The highest BCUT2D eigenvalue weighted by atomic mass is 79.9. The third-order valence-electron chi connectivity index (χ3n) is 3.43. The fraction of sp³-hybridized carbons (Fsp3) is 0.286. The maximum atomic E-state index is 12.8. The van der Waals surface area contributed by atoms with E-state index in [1.54, 1.807) is 0 Å². The highest BCUT2D eigenvalue weighted by Gasteiger charge is 2.37. The van der Waals surface area contributed by atoms with Crippen LogP contribution in [0.2, 0.25) is 0 Å². The Morgan fingerprint density at radius 3 is 2.33 bits per heavy atom. The van der Waals surface area contributed by atoms with Crippen molar-refractivity contribution in [2.75, 3.05) is 19.3 Å². The molecule has 3 N–H and O–H groups in total. The van der Waals surface area contributed by atoms with Crippen LogP contribution < -0.4 is 5.73 Å². The Hall–Kier alpha value is -1.39. The summed E-state index contributed by atoms with van der Waals surface area (Å²) in [7, 11) is -2.18. The molecule has 1 aliphatic rings. The van der Waals surface area contributed by atoms with E-state index in [4.69, 9.17) is 5.73 Å². The summed E-state index contributed by atoms with van der Waals surface area (Å²) in [5, 5.41) is 9.76. The maximum absolute atomic E-state index is 12.8. The molecule has 1 aromatic rings. The van der Waals surface area contributed by atoms with Crippen molar-refractivity contribution in [3.63, 3.8) is 0 Å². The number of allylic oxidation sites excluding steroid dienone is 1. The van der Waals surface area contributed by atoms with Gasteiger partial charge in [0.1, 0.15) is 10.7 Å². The molecule has 10 heteroatoms. The second kappa shape index (κ2) is 6.85. The normalized spacial score (nSPS) is 21.0. The number of sulfone groups is 1. The number of phenols is 1. The average Bonchev–Trinajstić information content (AvgIpc) is 2.49. The SMILES string of the molecule is CN=C1C(=C(C)N)S(=O)(=O)CCN1C(=O)c1cc(Br)c(O)c(Br)c1. The van der Waals surface area contributed by atoms with Crippen LogP contribution in [0.3, 0.4) is 0 Å². The summed E-state index contributed by atoms with van der Waals surface area (Å²) < 4.78 is 25.2. The first-order chi connectivity index (χ1) is 11.1. The number of benzene rings is 1. The number of nitrogens with zero attached hydrogens (tertiary/aromatic N) is 2. The van der Waals surface area contributed by atoms with E-state index in [-0.39, 0.29) is 40.0 Å². The fourth-order valence-corrected chi connectivity index (χ4v) is 5.15. The summed E-state index contributed by atoms with van der Waals surface area (Å²) in [6.07, 6.45) is 0. The van der Waals surface area contributed by atoms with Gasteiger partial charge in [-0.15, -0.1) is 0 Å². The molecule has 0 unspecified atom stereocenters. The third-order valence-corrected chi connectivity index (χ3v) is 6.49. The number of phenolic OH excluding ortho intramolecular Hbond substituents is 1. The van der Waals surface area contributed by atoms with E-state index in [9.17, 15) is 18.3 Å². The van der Waals surface area contributed by atoms with Crippen LogP contribution in [-0.2, 0) is 9.84 Å². The molecule has 0 aliphatic carbocycles. The molecule has 0 bridgehead atoms. The summed E-state index contributed by atoms with van der Waals surface area (Å²) in [5.74, 6) is -0.685. The number of carbonyl (C=O) groups excluding carboxylic acids is 1. The first kappa shape index (κ1) is 18.9. The molecule has 24 heavy (non-hydrogen) atoms. The summed E-state index contributed by atoms with van der Waals surface area (Å²) in [4.78, 5) is 17.9. The van der Waals surface area contributed by atoms with E-state index in [2.05, 4.69) is 36.9 Å². The molecular weight excluding hydrogens is 466 g/mol. The Labute approximate surface area is 156 Å². The number of carbonyl (C=O) groups is 1. The lowest BCUT2D eigenvalue weighted by Crippen LogP contribution is -2.47. The number of amides is 1. The van der Waals surface area contributed by atoms with Crippen molar-refractivity contribution < 1.29 is 18.3 Å². The minimum absolute atomic E-state index is 0.0200. The summed E-state index contributed by atoms with van der Waals surface area (Å²) in [6, 6.07) is 2.91. The first-order valence-electron chi connectivity index (χ1n) is 6.76. The van der Waals surface area contributed by atoms with Gasteiger partial charge in [-0.3, -0.25) is 14.7 Å². The lowest BCUT2D eigenvalue weighted by Gasteiger charge is -2.30. The molecule has 0 saturated carbocycles. The topological polar surface area (TPSA) is 113 Å². The molecule has 1 fully saturated rings. The Morgan fingerprint density at radius 2 is 1.88 bits per heavy atom. The predicted molar refractivity (Wildman–Crippen MR) is 98.6 cm³/mol. The van der Waals surface area contributed by atoms with Crippen LogP contribution in [0.15, 0.2) is 36.7 Å². The van der Waals surface area contributed by atoms with Crippen LogP contribution in [-0.4, -0.2) is 49.5 Å². The zero-order valence-corrected chi connectivity index (χ0v) is 16.9. The van der Waals surface area contributed by atoms with E-state index in [1.807, 2.05) is 0 Å². The number of nitrogens with two attached hydrogens (primary N) is 1. The first-order valence-corrected chi connectivity index (χ1v) is 10.00. The molecule has 0 aromatic heterocycles. The molecule has 7 nitrogen and oxygen atoms in total. The van der Waals surface area contributed by atoms with Crippen molar-refractivity contribution in [3.05, 3.63) is 37.2 Å². The quantitative estimate of drug-likeness (QED) is 0.638. The van der Waals surface area contributed by atoms with Gasteiger partial charge >= 0.3 is 0 Å². The van der Waals surface area contributed by atoms with Crippen LogP contribution in [0.4, 0.5) is 0 Å². The van der Waals surface area contributed by atoms with Crippen LogP contribution in [0.25, 0.3) is 0 Å². The smallest absolute Gasteiger partial charge is 0.259 e. The number of rotatable bonds is 1. The number of hydrogen-bond donors (Lipinski definition) is 2. The average molecular weight is 481 g/mol. The van der Waals surface area contributed by atoms with Gasteiger partial charge < -0.3 is 10.8 Å². The lowest BCUT2D eigenvalue weighted by atomic mass is 10.2. The van der Waals surface area contributed by atoms with Gasteiger partial charge in [0.25, 0.3) is 5.91 Å². The number of amidine groups is 1. The second-order valence-electron chi connectivity index (χ2n) is 5.12. The van der Waals surface area contributed by atoms with Crippen molar-refractivity contribution in [3.8, 4) is 5.75 Å². The van der Waals surface area contributed by atoms with E-state index < -0.39 is 15.7 Å². The molecule has 0 atom stereocenters. The summed E-state index contributed by atoms with van der Waals surface area (Å²) in [6.45, 7) is 1.43. The van der Waals surface area contributed by atoms with Crippen molar-refractivity contribution >= 4 is 53.4 Å². The maximum Gasteiger partial charge on any atom is 0.259 e. The Morgan fingerprint density at radius 1 is 1.33 bits per heavy atom. The summed E-state index contributed by atoms with van der Waals surface area (Å²) in [5.41, 5.74) is 6.06. The molecule has 0 spiro atoms. The van der Waals surface area contributed by atoms with Gasteiger partial charge in [-0.1, -0.05) is 0 Å². The van der Waals surface area contributed by atoms with Gasteiger partial charge in [-0.2, -0.15) is 0 Å². The molecule has 1 heterocycles. The minimum Gasteiger partial charge on any atom is -0.506 e. The molecule has 1 saturated heterocycles. The van der Waals surface area contributed by atoms with Crippen LogP contribution in [0.1, 0.15) is 17.3 Å². The van der Waals surface area contributed by atoms with E-state index in [0.717, 1.165) is 0 Å². The van der Waals surface area contributed by atoms with Gasteiger partial charge in [0.2, 0.25) is 0 Å². The Kier molecular flexibility index (Phi) is 5.41. The fourth-order valence-electron chi connectivity index (χ4n) is 2.37. The van der Waals surface area contributed by atoms with Gasteiger partial charge in [0.05, 0.1) is 14.7 Å². The lowest BCUT2D eigenvalue weighted by molar-refractivity contribution is 0.0852. The number of aliphatic imine (C=N–C) groups is 1. The number of halogens is 2. The number of aromatic hydroxyl groups is 1. The van der Waals surface area contributed by atoms with Crippen molar-refractivity contribution in [2.24, 2.45) is 10.7 Å².